The zero-order chi connectivity index (χ0) is 20.8. The van der Waals surface area contributed by atoms with Gasteiger partial charge in [0.25, 0.3) is 5.91 Å². The normalized spacial score (nSPS) is 23.1. The van der Waals surface area contributed by atoms with E-state index in [-0.39, 0.29) is 23.6 Å². The number of hydrogen-bond acceptors (Lipinski definition) is 4. The van der Waals surface area contributed by atoms with Crippen LogP contribution >= 0.6 is 39.1 Å². The van der Waals surface area contributed by atoms with E-state index >= 15 is 4.39 Å². The molecule has 0 aromatic heterocycles. The summed E-state index contributed by atoms with van der Waals surface area (Å²) in [5.41, 5.74) is -0.513. The summed E-state index contributed by atoms with van der Waals surface area (Å²) in [4.78, 5) is 19.1. The third-order valence-corrected chi connectivity index (χ3v) is 5.84. The zero-order valence-electron chi connectivity index (χ0n) is 15.1. The molecule has 2 heterocycles. The highest BCUT2D eigenvalue weighted by atomic mass is 79.9. The van der Waals surface area contributed by atoms with E-state index < -0.39 is 17.7 Å². The lowest BCUT2D eigenvalue weighted by molar-refractivity contribution is -0.0865. The first kappa shape index (κ1) is 20.3. The average Bonchev–Trinajstić information content (AvgIpc) is 2.93. The van der Waals surface area contributed by atoms with Crippen LogP contribution < -0.4 is 5.32 Å². The van der Waals surface area contributed by atoms with Crippen LogP contribution in [0.1, 0.15) is 21.5 Å². The smallest absolute Gasteiger partial charge is 0.257 e. The van der Waals surface area contributed by atoms with Crippen molar-refractivity contribution < 1.29 is 13.9 Å². The molecule has 2 atom stereocenters. The van der Waals surface area contributed by atoms with Crippen molar-refractivity contribution >= 4 is 51.3 Å². The maximum atomic E-state index is 15.2. The second-order valence-corrected chi connectivity index (χ2v) is 8.36. The summed E-state index contributed by atoms with van der Waals surface area (Å²) < 4.78 is 21.6. The first-order valence-electron chi connectivity index (χ1n) is 8.64. The van der Waals surface area contributed by atoms with Crippen molar-refractivity contribution in [2.45, 2.75) is 11.9 Å². The van der Waals surface area contributed by atoms with Gasteiger partial charge in [-0.25, -0.2) is 4.39 Å². The molecule has 1 amide bonds. The molecule has 0 saturated carbocycles. The number of benzene rings is 2. The van der Waals surface area contributed by atoms with Crippen LogP contribution in [-0.2, 0) is 10.5 Å². The molecule has 2 aromatic rings. The van der Waals surface area contributed by atoms with E-state index in [1.165, 1.54) is 24.3 Å². The van der Waals surface area contributed by atoms with E-state index in [1.54, 1.807) is 36.5 Å². The number of fused-ring (bicyclic) bond motifs is 1. The van der Waals surface area contributed by atoms with Crippen molar-refractivity contribution in [3.05, 3.63) is 79.6 Å². The van der Waals surface area contributed by atoms with E-state index in [9.17, 15) is 4.79 Å². The Bertz CT molecular complexity index is 1040. The zero-order valence-corrected chi connectivity index (χ0v) is 18.2. The van der Waals surface area contributed by atoms with Crippen molar-refractivity contribution in [2.75, 3.05) is 13.7 Å². The van der Waals surface area contributed by atoms with Crippen LogP contribution in [0.25, 0.3) is 0 Å². The van der Waals surface area contributed by atoms with Crippen LogP contribution in [0, 0.1) is 5.82 Å². The molecule has 0 saturated heterocycles. The number of nitrogens with one attached hydrogen (secondary N) is 1. The Kier molecular flexibility index (Phi) is 5.42. The molecule has 0 spiro atoms. The molecular weight excluding hydrogens is 484 g/mol. The Hall–Kier alpha value is -1.93. The van der Waals surface area contributed by atoms with E-state index in [1.807, 2.05) is 0 Å². The summed E-state index contributed by atoms with van der Waals surface area (Å²) in [6.45, 7) is 0.123. The van der Waals surface area contributed by atoms with E-state index in [4.69, 9.17) is 27.9 Å². The molecule has 5 nitrogen and oxygen atoms in total. The fourth-order valence-corrected chi connectivity index (χ4v) is 4.39. The quantitative estimate of drug-likeness (QED) is 0.668. The molecule has 1 unspecified atom stereocenters. The SMILES string of the molecule is CO[C@]1(c2ccc(Cl)cc2)c2c(F)cc(Br)cc2C(=O)N1CC1N=CC(Cl)=CN1. The standard InChI is InChI=1S/C20H15BrCl2FN3O2/c1-29-20(11-2-4-13(22)5-3-11)18-15(6-12(21)7-16(18)24)19(28)27(20)10-17-25-8-14(23)9-26-17/h2-9,17,25H,10H2,1H3/t17?,20-/m1/s1. The lowest BCUT2D eigenvalue weighted by Gasteiger charge is -2.39. The summed E-state index contributed by atoms with van der Waals surface area (Å²) in [7, 11) is 1.44. The Labute approximate surface area is 185 Å². The van der Waals surface area contributed by atoms with Gasteiger partial charge in [0.05, 0.1) is 22.7 Å². The second-order valence-electron chi connectivity index (χ2n) is 6.57. The minimum atomic E-state index is -1.47. The van der Waals surface area contributed by atoms with Gasteiger partial charge in [0.1, 0.15) is 12.0 Å². The number of amides is 1. The van der Waals surface area contributed by atoms with Gasteiger partial charge in [0, 0.05) is 34.6 Å². The molecule has 0 bridgehead atoms. The largest absolute Gasteiger partial charge is 0.367 e. The molecule has 2 aliphatic rings. The lowest BCUT2D eigenvalue weighted by Crippen LogP contribution is -2.51. The number of aliphatic imine (C=N–C) groups is 1. The van der Waals surface area contributed by atoms with Gasteiger partial charge in [-0.3, -0.25) is 14.7 Å². The summed E-state index contributed by atoms with van der Waals surface area (Å²) in [6, 6.07) is 9.70. The predicted molar refractivity (Wildman–Crippen MR) is 114 cm³/mol. The van der Waals surface area contributed by atoms with Crippen LogP contribution in [-0.4, -0.2) is 36.8 Å². The van der Waals surface area contributed by atoms with Gasteiger partial charge in [-0.05, 0) is 24.3 Å². The fraction of sp³-hybridized carbons (Fsp3) is 0.200. The first-order valence-corrected chi connectivity index (χ1v) is 10.2. The molecule has 9 heteroatoms. The Morgan fingerprint density at radius 3 is 2.66 bits per heavy atom. The first-order chi connectivity index (χ1) is 13.9. The van der Waals surface area contributed by atoms with Gasteiger partial charge in [0.2, 0.25) is 0 Å². The number of carbonyl (C=O) groups is 1. The number of halogens is 4. The molecule has 2 aliphatic heterocycles. The van der Waals surface area contributed by atoms with E-state index in [2.05, 4.69) is 26.2 Å². The highest BCUT2D eigenvalue weighted by Gasteiger charge is 2.54. The Morgan fingerprint density at radius 2 is 2.03 bits per heavy atom. The maximum Gasteiger partial charge on any atom is 0.257 e. The fourth-order valence-electron chi connectivity index (χ4n) is 3.72. The average molecular weight is 499 g/mol. The highest BCUT2D eigenvalue weighted by Crippen LogP contribution is 2.47. The number of allylic oxidation sites excluding steroid dienone is 1. The number of nitrogens with zero attached hydrogens (tertiary/aromatic N) is 2. The molecule has 0 aliphatic carbocycles. The summed E-state index contributed by atoms with van der Waals surface area (Å²) in [6.07, 6.45) is 2.63. The van der Waals surface area contributed by atoms with Crippen LogP contribution in [0.2, 0.25) is 5.02 Å². The minimum absolute atomic E-state index is 0.123. The topological polar surface area (TPSA) is 53.9 Å². The molecule has 4 rings (SSSR count). The summed E-state index contributed by atoms with van der Waals surface area (Å²) in [5.74, 6) is -0.917. The van der Waals surface area contributed by atoms with Gasteiger partial charge in [-0.2, -0.15) is 0 Å². The maximum absolute atomic E-state index is 15.2. The number of methoxy groups -OCH3 is 1. The van der Waals surface area contributed by atoms with Gasteiger partial charge in [-0.15, -0.1) is 0 Å². The molecule has 150 valence electrons. The Balaban J connectivity index is 1.88. The monoisotopic (exact) mass is 497 g/mol. The van der Waals surface area contributed by atoms with E-state index in [0.29, 0.717) is 20.1 Å². The van der Waals surface area contributed by atoms with Crippen LogP contribution in [0.15, 0.2) is 57.1 Å². The van der Waals surface area contributed by atoms with Crippen molar-refractivity contribution in [3.63, 3.8) is 0 Å². The van der Waals surface area contributed by atoms with Crippen molar-refractivity contribution in [1.82, 2.24) is 10.2 Å². The van der Waals surface area contributed by atoms with Crippen molar-refractivity contribution in [1.29, 1.82) is 0 Å². The molecule has 0 radical (unpaired) electrons. The second kappa shape index (κ2) is 7.72. The number of rotatable bonds is 4. The van der Waals surface area contributed by atoms with Crippen molar-refractivity contribution in [3.8, 4) is 0 Å². The predicted octanol–water partition coefficient (Wildman–Crippen LogP) is 4.63. The number of hydrogen-bond donors (Lipinski definition) is 1. The summed E-state index contributed by atoms with van der Waals surface area (Å²) >= 11 is 15.2. The van der Waals surface area contributed by atoms with E-state index in [0.717, 1.165) is 0 Å². The van der Waals surface area contributed by atoms with Crippen LogP contribution in [0.3, 0.4) is 0 Å². The number of carbonyl (C=O) groups excluding carboxylic acids is 1. The molecular formula is C20H15BrCl2FN3O2. The van der Waals surface area contributed by atoms with Gasteiger partial charge < -0.3 is 10.1 Å². The van der Waals surface area contributed by atoms with Gasteiger partial charge >= 0.3 is 0 Å². The number of ether oxygens (including phenoxy) is 1. The highest BCUT2D eigenvalue weighted by molar-refractivity contribution is 9.10. The summed E-state index contributed by atoms with van der Waals surface area (Å²) in [5, 5.41) is 3.99. The van der Waals surface area contributed by atoms with Crippen molar-refractivity contribution in [2.24, 2.45) is 4.99 Å². The van der Waals surface area contributed by atoms with Crippen LogP contribution in [0.5, 0.6) is 0 Å². The lowest BCUT2D eigenvalue weighted by atomic mass is 9.93. The minimum Gasteiger partial charge on any atom is -0.367 e. The van der Waals surface area contributed by atoms with Gasteiger partial charge in [-0.1, -0.05) is 51.3 Å². The third-order valence-electron chi connectivity index (χ3n) is 4.93. The van der Waals surface area contributed by atoms with Gasteiger partial charge in [0.15, 0.2) is 5.72 Å². The molecule has 2 aromatic carbocycles. The third kappa shape index (κ3) is 3.36. The molecule has 29 heavy (non-hydrogen) atoms. The Morgan fingerprint density at radius 1 is 1.31 bits per heavy atom. The van der Waals surface area contributed by atoms with Crippen LogP contribution in [0.4, 0.5) is 4.39 Å². The molecule has 0 fully saturated rings. The molecule has 1 N–H and O–H groups in total.